The van der Waals surface area contributed by atoms with E-state index < -0.39 is 23.4 Å². The third-order valence-electron chi connectivity index (χ3n) is 5.77. The summed E-state index contributed by atoms with van der Waals surface area (Å²) in [6.07, 6.45) is 3.93. The number of benzene rings is 2. The fourth-order valence-corrected chi connectivity index (χ4v) is 4.97. The summed E-state index contributed by atoms with van der Waals surface area (Å²) < 4.78 is 0.915. The molecule has 0 saturated carbocycles. The van der Waals surface area contributed by atoms with Gasteiger partial charge in [0.1, 0.15) is 0 Å². The smallest absolute Gasteiger partial charge is 0.212 e. The van der Waals surface area contributed by atoms with Crippen molar-refractivity contribution >= 4 is 27.8 Å². The number of nitrogens with one attached hydrogen (secondary N) is 1. The lowest BCUT2D eigenvalue weighted by molar-refractivity contribution is -0.885. The summed E-state index contributed by atoms with van der Waals surface area (Å²) in [6.45, 7) is 1.56. The third kappa shape index (κ3) is 2.47. The van der Waals surface area contributed by atoms with Crippen LogP contribution in [0.15, 0.2) is 59.2 Å². The van der Waals surface area contributed by atoms with Gasteiger partial charge in [0, 0.05) is 17.0 Å². The van der Waals surface area contributed by atoms with Crippen LogP contribution in [0.4, 0.5) is 0 Å². The van der Waals surface area contributed by atoms with Gasteiger partial charge in [0.15, 0.2) is 17.9 Å². The van der Waals surface area contributed by atoms with Crippen molar-refractivity contribution in [2.24, 2.45) is 5.41 Å². The Morgan fingerprint density at radius 2 is 1.78 bits per heavy atom. The summed E-state index contributed by atoms with van der Waals surface area (Å²) in [5, 5.41) is 20.5. The average Bonchev–Trinajstić information content (AvgIpc) is 3.00. The van der Waals surface area contributed by atoms with Crippen LogP contribution in [0, 0.1) is 28.1 Å². The van der Waals surface area contributed by atoms with E-state index >= 15 is 0 Å². The molecular formula is C22H17BrN3O+. The van der Waals surface area contributed by atoms with Gasteiger partial charge in [-0.1, -0.05) is 52.3 Å². The number of quaternary nitrogens is 1. The summed E-state index contributed by atoms with van der Waals surface area (Å²) in [4.78, 5) is 13.6. The third-order valence-corrected chi connectivity index (χ3v) is 6.30. The highest BCUT2D eigenvalue weighted by atomic mass is 79.9. The molecule has 2 aliphatic heterocycles. The quantitative estimate of drug-likeness (QED) is 0.813. The summed E-state index contributed by atoms with van der Waals surface area (Å²) in [6, 6.07) is 19.2. The fourth-order valence-electron chi connectivity index (χ4n) is 4.70. The molecule has 132 valence electrons. The van der Waals surface area contributed by atoms with Crippen LogP contribution in [0.25, 0.3) is 6.08 Å². The zero-order chi connectivity index (χ0) is 19.2. The van der Waals surface area contributed by atoms with Crippen LogP contribution in [0.2, 0.25) is 0 Å². The van der Waals surface area contributed by atoms with E-state index in [1.54, 1.807) is 6.92 Å². The molecule has 2 aliphatic rings. The van der Waals surface area contributed by atoms with Gasteiger partial charge in [-0.25, -0.2) is 0 Å². The van der Waals surface area contributed by atoms with Crippen molar-refractivity contribution in [2.45, 2.75) is 24.9 Å². The molecular weight excluding hydrogens is 402 g/mol. The zero-order valence-electron chi connectivity index (χ0n) is 14.7. The number of Topliss-reactive ketones (excluding diaryl/α,β-unsaturated/α-hetero) is 1. The molecule has 5 heteroatoms. The Bertz CT molecular complexity index is 1010. The first-order chi connectivity index (χ1) is 13.0. The first-order valence-corrected chi connectivity index (χ1v) is 9.55. The maximum atomic E-state index is 12.7. The van der Waals surface area contributed by atoms with Crippen LogP contribution in [-0.4, -0.2) is 11.8 Å². The predicted molar refractivity (Wildman–Crippen MR) is 104 cm³/mol. The highest BCUT2D eigenvalue weighted by molar-refractivity contribution is 9.10. The number of carbonyl (C=O) groups is 1. The number of halogens is 1. The summed E-state index contributed by atoms with van der Waals surface area (Å²) in [5.74, 6) is -0.520. The molecule has 1 fully saturated rings. The van der Waals surface area contributed by atoms with E-state index in [4.69, 9.17) is 0 Å². The van der Waals surface area contributed by atoms with Gasteiger partial charge in [-0.2, -0.15) is 10.5 Å². The molecule has 4 nitrogen and oxygen atoms in total. The standard InChI is InChI=1S/C22H16BrN3O/c1-14(27)20-19(16-6-8-17(23)9-7-16)22(12-24,13-25)21-18-5-3-2-4-15(18)10-11-26(20)21/h2-11,19-21H,1H3/p+1/t19-,20-,21-/m0/s1. The van der Waals surface area contributed by atoms with E-state index in [1.165, 1.54) is 0 Å². The van der Waals surface area contributed by atoms with E-state index in [2.05, 4.69) is 28.1 Å². The maximum Gasteiger partial charge on any atom is 0.212 e. The highest BCUT2D eigenvalue weighted by Gasteiger charge is 2.67. The number of hydrogen-bond donors (Lipinski definition) is 1. The highest BCUT2D eigenvalue weighted by Crippen LogP contribution is 2.51. The molecule has 1 N–H and O–H groups in total. The van der Waals surface area contributed by atoms with Crippen molar-refractivity contribution in [2.75, 3.05) is 0 Å². The van der Waals surface area contributed by atoms with Crippen molar-refractivity contribution in [1.82, 2.24) is 0 Å². The topological polar surface area (TPSA) is 69.1 Å². The summed E-state index contributed by atoms with van der Waals surface area (Å²) in [7, 11) is 0. The van der Waals surface area contributed by atoms with Crippen LogP contribution >= 0.6 is 15.9 Å². The van der Waals surface area contributed by atoms with Gasteiger partial charge in [-0.05, 0) is 29.3 Å². The van der Waals surface area contributed by atoms with Crippen molar-refractivity contribution in [1.29, 1.82) is 10.5 Å². The maximum absolute atomic E-state index is 12.7. The number of nitrogens with zero attached hydrogens (tertiary/aromatic N) is 2. The Morgan fingerprint density at radius 1 is 1.11 bits per heavy atom. The SMILES string of the molecule is CC(=O)[C@H]1[C@H](c2ccc(Br)cc2)C(C#N)(C#N)[C@@H]2c3ccccc3C=C[NH+]21. The summed E-state index contributed by atoms with van der Waals surface area (Å²) in [5.41, 5.74) is 1.46. The van der Waals surface area contributed by atoms with E-state index in [-0.39, 0.29) is 5.78 Å². The van der Waals surface area contributed by atoms with Crippen LogP contribution in [0.1, 0.15) is 35.6 Å². The first-order valence-electron chi connectivity index (χ1n) is 8.75. The second-order valence-corrected chi connectivity index (χ2v) is 8.02. The van der Waals surface area contributed by atoms with Crippen LogP contribution in [0.3, 0.4) is 0 Å². The lowest BCUT2D eigenvalue weighted by atomic mass is 9.68. The minimum Gasteiger partial charge on any atom is -0.293 e. The van der Waals surface area contributed by atoms with Crippen LogP contribution < -0.4 is 4.90 Å². The molecule has 2 heterocycles. The lowest BCUT2D eigenvalue weighted by Crippen LogP contribution is -3.11. The average molecular weight is 419 g/mol. The molecule has 27 heavy (non-hydrogen) atoms. The number of nitriles is 2. The van der Waals surface area contributed by atoms with Gasteiger partial charge in [0.05, 0.1) is 24.3 Å². The van der Waals surface area contributed by atoms with Crippen molar-refractivity contribution < 1.29 is 9.69 Å². The molecule has 0 aliphatic carbocycles. The van der Waals surface area contributed by atoms with Gasteiger partial charge in [0.25, 0.3) is 0 Å². The molecule has 1 saturated heterocycles. The Balaban J connectivity index is 2.00. The molecule has 0 aromatic heterocycles. The number of ketones is 1. The number of carbonyl (C=O) groups excluding carboxylic acids is 1. The Labute approximate surface area is 166 Å². The molecule has 4 rings (SSSR count). The molecule has 2 aromatic carbocycles. The van der Waals surface area contributed by atoms with Gasteiger partial charge in [-0.15, -0.1) is 0 Å². The van der Waals surface area contributed by atoms with Crippen LogP contribution in [0.5, 0.6) is 0 Å². The second kappa shape index (κ2) is 6.46. The fraction of sp³-hybridized carbons (Fsp3) is 0.227. The molecule has 0 spiro atoms. The Kier molecular flexibility index (Phi) is 4.23. The van der Waals surface area contributed by atoms with Crippen LogP contribution in [-0.2, 0) is 4.79 Å². The predicted octanol–water partition coefficient (Wildman–Crippen LogP) is 3.15. The van der Waals surface area contributed by atoms with Gasteiger partial charge in [0.2, 0.25) is 5.41 Å². The molecule has 2 aromatic rings. The minimum atomic E-state index is -1.33. The Morgan fingerprint density at radius 3 is 2.41 bits per heavy atom. The monoisotopic (exact) mass is 418 g/mol. The van der Waals surface area contributed by atoms with E-state index in [0.717, 1.165) is 26.1 Å². The minimum absolute atomic E-state index is 0.0145. The van der Waals surface area contributed by atoms with E-state index in [0.29, 0.717) is 0 Å². The largest absolute Gasteiger partial charge is 0.293 e. The Hall–Kier alpha value is -2.73. The molecule has 0 radical (unpaired) electrons. The van der Waals surface area contributed by atoms with Crippen molar-refractivity contribution in [3.63, 3.8) is 0 Å². The van der Waals surface area contributed by atoms with Gasteiger partial charge in [-0.3, -0.25) is 9.69 Å². The second-order valence-electron chi connectivity index (χ2n) is 7.11. The molecule has 0 bridgehead atoms. The van der Waals surface area contributed by atoms with E-state index in [9.17, 15) is 15.3 Å². The molecule has 4 atom stereocenters. The van der Waals surface area contributed by atoms with E-state index in [1.807, 2.05) is 60.8 Å². The van der Waals surface area contributed by atoms with Crippen molar-refractivity contribution in [3.05, 3.63) is 75.9 Å². The first kappa shape index (κ1) is 17.7. The number of fused-ring (bicyclic) bond motifs is 3. The lowest BCUT2D eigenvalue weighted by Gasteiger charge is -2.29. The van der Waals surface area contributed by atoms with Gasteiger partial charge < -0.3 is 0 Å². The molecule has 0 amide bonds. The summed E-state index contributed by atoms with van der Waals surface area (Å²) >= 11 is 3.43. The zero-order valence-corrected chi connectivity index (χ0v) is 16.3. The van der Waals surface area contributed by atoms with Gasteiger partial charge >= 0.3 is 0 Å². The normalized spacial score (nSPS) is 27.1. The number of rotatable bonds is 2. The number of hydrogen-bond acceptors (Lipinski definition) is 3. The molecule has 1 unspecified atom stereocenters. The van der Waals surface area contributed by atoms with Crippen molar-refractivity contribution in [3.8, 4) is 12.1 Å².